The predicted molar refractivity (Wildman–Crippen MR) is 94.1 cm³/mol. The van der Waals surface area contributed by atoms with E-state index in [-0.39, 0.29) is 0 Å². The van der Waals surface area contributed by atoms with Gasteiger partial charge in [-0.25, -0.2) is 14.6 Å². The van der Waals surface area contributed by atoms with E-state index in [1.165, 1.54) is 0 Å². The normalized spacial score (nSPS) is 10.8. The molecule has 0 spiro atoms. The van der Waals surface area contributed by atoms with Gasteiger partial charge in [0.2, 0.25) is 0 Å². The van der Waals surface area contributed by atoms with Crippen LogP contribution in [0.2, 0.25) is 5.02 Å². The van der Waals surface area contributed by atoms with Gasteiger partial charge in [-0.3, -0.25) is 0 Å². The molecule has 0 saturated heterocycles. The monoisotopic (exact) mass is 343 g/mol. The van der Waals surface area contributed by atoms with Crippen LogP contribution in [0.5, 0.6) is 0 Å². The van der Waals surface area contributed by atoms with Gasteiger partial charge in [0.15, 0.2) is 5.82 Å². The van der Waals surface area contributed by atoms with E-state index in [1.54, 1.807) is 13.3 Å². The van der Waals surface area contributed by atoms with Crippen LogP contribution in [0.3, 0.4) is 0 Å². The molecule has 3 aromatic rings. The number of ether oxygens (including phenoxy) is 1. The van der Waals surface area contributed by atoms with Crippen molar-refractivity contribution in [2.45, 2.75) is 20.5 Å². The number of rotatable bonds is 5. The molecule has 0 unspecified atom stereocenters. The molecular weight excluding hydrogens is 326 g/mol. The third kappa shape index (κ3) is 3.55. The van der Waals surface area contributed by atoms with Crippen LogP contribution in [0, 0.1) is 13.8 Å². The Bertz CT molecular complexity index is 862. The quantitative estimate of drug-likeness (QED) is 0.762. The summed E-state index contributed by atoms with van der Waals surface area (Å²) in [6.07, 6.45) is 1.77. The Morgan fingerprint density at radius 3 is 2.79 bits per heavy atom. The molecule has 0 saturated carbocycles. The molecule has 0 aliphatic carbocycles. The number of nitrogens with zero attached hydrogens (tertiary/aromatic N) is 4. The third-order valence-corrected chi connectivity index (χ3v) is 3.73. The molecule has 0 amide bonds. The lowest BCUT2D eigenvalue weighted by molar-refractivity contribution is 0.177. The zero-order valence-electron chi connectivity index (χ0n) is 13.7. The van der Waals surface area contributed by atoms with Gasteiger partial charge in [-0.2, -0.15) is 5.10 Å². The maximum absolute atomic E-state index is 6.06. The molecule has 2 heterocycles. The summed E-state index contributed by atoms with van der Waals surface area (Å²) in [5, 5.41) is 8.40. The van der Waals surface area contributed by atoms with Crippen molar-refractivity contribution in [2.24, 2.45) is 0 Å². The van der Waals surface area contributed by atoms with E-state index >= 15 is 0 Å². The molecule has 24 heavy (non-hydrogen) atoms. The number of anilines is 2. The van der Waals surface area contributed by atoms with Crippen molar-refractivity contribution in [1.29, 1.82) is 0 Å². The van der Waals surface area contributed by atoms with Gasteiger partial charge in [0, 0.05) is 23.9 Å². The highest BCUT2D eigenvalue weighted by Gasteiger charge is 2.10. The van der Waals surface area contributed by atoms with Gasteiger partial charge in [-0.15, -0.1) is 0 Å². The number of aromatic nitrogens is 4. The van der Waals surface area contributed by atoms with Gasteiger partial charge < -0.3 is 10.1 Å². The van der Waals surface area contributed by atoms with Crippen LogP contribution in [0.25, 0.3) is 5.69 Å². The maximum atomic E-state index is 6.06. The fraction of sp³-hybridized carbons (Fsp3) is 0.235. The van der Waals surface area contributed by atoms with Crippen molar-refractivity contribution in [1.82, 2.24) is 19.7 Å². The van der Waals surface area contributed by atoms with Gasteiger partial charge in [0.25, 0.3) is 0 Å². The summed E-state index contributed by atoms with van der Waals surface area (Å²) in [6, 6.07) is 9.45. The predicted octanol–water partition coefficient (Wildman–Crippen LogP) is 3.82. The summed E-state index contributed by atoms with van der Waals surface area (Å²) in [4.78, 5) is 8.79. The van der Waals surface area contributed by atoms with Gasteiger partial charge in [-0.1, -0.05) is 17.7 Å². The number of hydrogen-bond donors (Lipinski definition) is 1. The number of halogens is 1. The molecule has 2 aromatic heterocycles. The van der Waals surface area contributed by atoms with E-state index in [2.05, 4.69) is 20.4 Å². The molecule has 7 heteroatoms. The molecule has 0 radical (unpaired) electrons. The van der Waals surface area contributed by atoms with Gasteiger partial charge in [0.05, 0.1) is 23.3 Å². The van der Waals surface area contributed by atoms with Crippen LogP contribution < -0.4 is 5.32 Å². The lowest BCUT2D eigenvalue weighted by Gasteiger charge is -2.09. The Morgan fingerprint density at radius 1 is 1.21 bits per heavy atom. The van der Waals surface area contributed by atoms with Crippen LogP contribution in [-0.2, 0) is 11.3 Å². The minimum Gasteiger partial charge on any atom is -0.377 e. The average Bonchev–Trinajstić information content (AvgIpc) is 2.88. The Hall–Kier alpha value is -2.44. The Labute approximate surface area is 145 Å². The van der Waals surface area contributed by atoms with Crippen molar-refractivity contribution in [3.05, 3.63) is 58.8 Å². The molecule has 0 bridgehead atoms. The molecule has 0 aliphatic rings. The number of benzene rings is 1. The fourth-order valence-corrected chi connectivity index (χ4v) is 2.61. The first-order valence-electron chi connectivity index (χ1n) is 7.48. The maximum Gasteiger partial charge on any atom is 0.156 e. The molecule has 124 valence electrons. The standard InChI is InChI=1S/C17H18ClN5O/c1-11-7-16(22-17(20-11)10-24-3)21-15-9-19-23(12(15)2)14-6-4-5-13(18)8-14/h4-9H,10H2,1-3H3,(H,20,21,22). The molecule has 3 rings (SSSR count). The van der Waals surface area contributed by atoms with Crippen LogP contribution >= 0.6 is 11.6 Å². The van der Waals surface area contributed by atoms with E-state index in [0.29, 0.717) is 23.3 Å². The first kappa shape index (κ1) is 16.4. The lowest BCUT2D eigenvalue weighted by atomic mass is 10.3. The fourth-order valence-electron chi connectivity index (χ4n) is 2.43. The number of nitrogens with one attached hydrogen (secondary N) is 1. The van der Waals surface area contributed by atoms with Crippen molar-refractivity contribution >= 4 is 23.1 Å². The zero-order chi connectivity index (χ0) is 17.1. The Morgan fingerprint density at radius 2 is 2.04 bits per heavy atom. The largest absolute Gasteiger partial charge is 0.377 e. The first-order valence-corrected chi connectivity index (χ1v) is 7.85. The van der Waals surface area contributed by atoms with E-state index < -0.39 is 0 Å². The van der Waals surface area contributed by atoms with E-state index in [1.807, 2.05) is 48.9 Å². The molecule has 0 fully saturated rings. The average molecular weight is 344 g/mol. The van der Waals surface area contributed by atoms with Gasteiger partial charge >= 0.3 is 0 Å². The highest BCUT2D eigenvalue weighted by atomic mass is 35.5. The molecular formula is C17H18ClN5O. The highest BCUT2D eigenvalue weighted by Crippen LogP contribution is 2.23. The SMILES string of the molecule is COCc1nc(C)cc(Nc2cnn(-c3cccc(Cl)c3)c2C)n1. The van der Waals surface area contributed by atoms with Crippen molar-refractivity contribution < 1.29 is 4.74 Å². The Kier molecular flexibility index (Phi) is 4.78. The van der Waals surface area contributed by atoms with Crippen LogP contribution in [0.15, 0.2) is 36.5 Å². The van der Waals surface area contributed by atoms with E-state index in [4.69, 9.17) is 16.3 Å². The summed E-state index contributed by atoms with van der Waals surface area (Å²) in [5.74, 6) is 1.35. The minimum atomic E-state index is 0.372. The molecule has 6 nitrogen and oxygen atoms in total. The smallest absolute Gasteiger partial charge is 0.156 e. The van der Waals surface area contributed by atoms with E-state index in [0.717, 1.165) is 22.8 Å². The van der Waals surface area contributed by atoms with Gasteiger partial charge in [-0.05, 0) is 32.0 Å². The van der Waals surface area contributed by atoms with Crippen LogP contribution in [0.4, 0.5) is 11.5 Å². The second-order valence-electron chi connectivity index (χ2n) is 5.40. The number of methoxy groups -OCH3 is 1. The summed E-state index contributed by atoms with van der Waals surface area (Å²) < 4.78 is 6.93. The molecule has 1 aromatic carbocycles. The summed E-state index contributed by atoms with van der Waals surface area (Å²) in [6.45, 7) is 4.28. The van der Waals surface area contributed by atoms with Crippen molar-refractivity contribution in [3.63, 3.8) is 0 Å². The number of aryl methyl sites for hydroxylation is 1. The zero-order valence-corrected chi connectivity index (χ0v) is 14.5. The second-order valence-corrected chi connectivity index (χ2v) is 5.84. The lowest BCUT2D eigenvalue weighted by Crippen LogP contribution is -2.04. The molecule has 0 atom stereocenters. The van der Waals surface area contributed by atoms with E-state index in [9.17, 15) is 0 Å². The summed E-state index contributed by atoms with van der Waals surface area (Å²) in [7, 11) is 1.62. The topological polar surface area (TPSA) is 64.9 Å². The van der Waals surface area contributed by atoms with Crippen molar-refractivity contribution in [3.8, 4) is 5.69 Å². The summed E-state index contributed by atoms with van der Waals surface area (Å²) >= 11 is 6.06. The highest BCUT2D eigenvalue weighted by molar-refractivity contribution is 6.30. The minimum absolute atomic E-state index is 0.372. The Balaban J connectivity index is 1.89. The van der Waals surface area contributed by atoms with Gasteiger partial charge in [0.1, 0.15) is 12.4 Å². The van der Waals surface area contributed by atoms with Crippen molar-refractivity contribution in [2.75, 3.05) is 12.4 Å². The first-order chi connectivity index (χ1) is 11.6. The van der Waals surface area contributed by atoms with Crippen LogP contribution in [0.1, 0.15) is 17.2 Å². The summed E-state index contributed by atoms with van der Waals surface area (Å²) in [5.41, 5.74) is 3.62. The number of hydrogen-bond acceptors (Lipinski definition) is 5. The second kappa shape index (κ2) is 6.98. The third-order valence-electron chi connectivity index (χ3n) is 3.50. The molecule has 0 aliphatic heterocycles. The van der Waals surface area contributed by atoms with Crippen LogP contribution in [-0.4, -0.2) is 26.9 Å². The molecule has 1 N–H and O–H groups in total.